The van der Waals surface area contributed by atoms with E-state index in [1.54, 1.807) is 42.5 Å². The highest BCUT2D eigenvalue weighted by Gasteiger charge is 2.55. The average molecular weight is 442 g/mol. The lowest BCUT2D eigenvalue weighted by atomic mass is 10.1. The van der Waals surface area contributed by atoms with E-state index in [4.69, 9.17) is 16.3 Å². The van der Waals surface area contributed by atoms with E-state index in [9.17, 15) is 14.4 Å². The standard InChI is InChI=1S/C21H20ClN5O4/c1-3-31-15-8-5-13(6-9-15)23-17(28)11-26-19-18(24-25-26)20(29)27(21(19)30)14-7-4-12(2)16(22)10-14/h4-10,18-19H,3,11H2,1-2H3,(H,23,28)/t18-,19-/m1/s1. The first-order valence-corrected chi connectivity index (χ1v) is 10.1. The maximum Gasteiger partial charge on any atom is 0.263 e. The Bertz CT molecular complexity index is 1070. The molecule has 31 heavy (non-hydrogen) atoms. The molecular weight excluding hydrogens is 422 g/mol. The minimum absolute atomic E-state index is 0.223. The lowest BCUT2D eigenvalue weighted by Crippen LogP contribution is -2.43. The van der Waals surface area contributed by atoms with Crippen LogP contribution in [-0.4, -0.2) is 48.0 Å². The van der Waals surface area contributed by atoms with Gasteiger partial charge in [0.2, 0.25) is 5.91 Å². The second-order valence-corrected chi connectivity index (χ2v) is 7.55. The molecule has 1 saturated heterocycles. The van der Waals surface area contributed by atoms with Gasteiger partial charge in [0.25, 0.3) is 11.8 Å². The van der Waals surface area contributed by atoms with E-state index in [2.05, 4.69) is 15.7 Å². The predicted molar refractivity (Wildman–Crippen MR) is 114 cm³/mol. The van der Waals surface area contributed by atoms with Gasteiger partial charge < -0.3 is 10.1 Å². The molecule has 4 rings (SSSR count). The lowest BCUT2D eigenvalue weighted by Gasteiger charge is -2.20. The van der Waals surface area contributed by atoms with Crippen molar-refractivity contribution < 1.29 is 19.1 Å². The summed E-state index contributed by atoms with van der Waals surface area (Å²) in [7, 11) is 0. The van der Waals surface area contributed by atoms with Gasteiger partial charge in [0.1, 0.15) is 12.3 Å². The monoisotopic (exact) mass is 441 g/mol. The van der Waals surface area contributed by atoms with Crippen molar-refractivity contribution in [2.75, 3.05) is 23.4 Å². The number of rotatable bonds is 6. The quantitative estimate of drug-likeness (QED) is 0.694. The minimum atomic E-state index is -0.981. The van der Waals surface area contributed by atoms with E-state index in [-0.39, 0.29) is 12.5 Å². The summed E-state index contributed by atoms with van der Waals surface area (Å²) in [6, 6.07) is 9.92. The fourth-order valence-corrected chi connectivity index (χ4v) is 3.65. The zero-order chi connectivity index (χ0) is 22.1. The zero-order valence-corrected chi connectivity index (χ0v) is 17.7. The molecule has 0 bridgehead atoms. The zero-order valence-electron chi connectivity index (χ0n) is 16.9. The van der Waals surface area contributed by atoms with Gasteiger partial charge in [-0.25, -0.2) is 4.90 Å². The van der Waals surface area contributed by atoms with Crippen molar-refractivity contribution in [3.63, 3.8) is 0 Å². The molecule has 2 aromatic rings. The number of anilines is 2. The summed E-state index contributed by atoms with van der Waals surface area (Å²) in [6.45, 7) is 4.04. The van der Waals surface area contributed by atoms with E-state index in [1.165, 1.54) is 5.01 Å². The van der Waals surface area contributed by atoms with Crippen molar-refractivity contribution in [1.82, 2.24) is 5.01 Å². The molecule has 0 saturated carbocycles. The van der Waals surface area contributed by atoms with Crippen LogP contribution in [0.2, 0.25) is 5.02 Å². The number of nitrogens with zero attached hydrogens (tertiary/aromatic N) is 4. The number of fused-ring (bicyclic) bond motifs is 1. The Balaban J connectivity index is 1.45. The second-order valence-electron chi connectivity index (χ2n) is 7.14. The average Bonchev–Trinajstić information content (AvgIpc) is 3.25. The summed E-state index contributed by atoms with van der Waals surface area (Å²) in [5.41, 5.74) is 1.77. The third-order valence-corrected chi connectivity index (χ3v) is 5.43. The van der Waals surface area contributed by atoms with E-state index in [0.29, 0.717) is 28.8 Å². The maximum atomic E-state index is 13.0. The van der Waals surface area contributed by atoms with Gasteiger partial charge in [-0.2, -0.15) is 5.11 Å². The first-order chi connectivity index (χ1) is 14.9. The number of hydrogen-bond acceptors (Lipinski definition) is 7. The highest BCUT2D eigenvalue weighted by atomic mass is 35.5. The minimum Gasteiger partial charge on any atom is -0.494 e. The third kappa shape index (κ3) is 3.96. The number of hydrogen-bond donors (Lipinski definition) is 1. The van der Waals surface area contributed by atoms with Crippen molar-refractivity contribution in [3.05, 3.63) is 53.1 Å². The van der Waals surface area contributed by atoms with Gasteiger partial charge in [-0.1, -0.05) is 22.9 Å². The number of halogens is 1. The maximum absolute atomic E-state index is 13.0. The van der Waals surface area contributed by atoms with Crippen molar-refractivity contribution in [2.24, 2.45) is 10.3 Å². The van der Waals surface area contributed by atoms with Crippen LogP contribution >= 0.6 is 11.6 Å². The molecule has 1 N–H and O–H groups in total. The summed E-state index contributed by atoms with van der Waals surface area (Å²) in [5, 5.41) is 12.2. The van der Waals surface area contributed by atoms with Crippen LogP contribution in [0.15, 0.2) is 52.8 Å². The number of amides is 3. The van der Waals surface area contributed by atoms with Crippen molar-refractivity contribution in [3.8, 4) is 5.75 Å². The van der Waals surface area contributed by atoms with Crippen molar-refractivity contribution in [2.45, 2.75) is 25.9 Å². The topological polar surface area (TPSA) is 104 Å². The molecule has 2 aromatic carbocycles. The predicted octanol–water partition coefficient (Wildman–Crippen LogP) is 2.98. The fraction of sp³-hybridized carbons (Fsp3) is 0.286. The normalized spacial score (nSPS) is 19.7. The van der Waals surface area contributed by atoms with Crippen LogP contribution in [0.1, 0.15) is 12.5 Å². The number of carbonyl (C=O) groups excluding carboxylic acids is 3. The van der Waals surface area contributed by atoms with E-state index in [0.717, 1.165) is 10.5 Å². The Labute approximate surface area is 183 Å². The van der Waals surface area contributed by atoms with E-state index >= 15 is 0 Å². The van der Waals surface area contributed by atoms with Gasteiger partial charge in [-0.3, -0.25) is 19.4 Å². The summed E-state index contributed by atoms with van der Waals surface area (Å²) in [4.78, 5) is 39.3. The van der Waals surface area contributed by atoms with Crippen molar-refractivity contribution >= 4 is 40.7 Å². The van der Waals surface area contributed by atoms with Crippen molar-refractivity contribution in [1.29, 1.82) is 0 Å². The molecule has 0 unspecified atom stereocenters. The smallest absolute Gasteiger partial charge is 0.263 e. The molecule has 2 heterocycles. The van der Waals surface area contributed by atoms with Crippen LogP contribution in [0.25, 0.3) is 0 Å². The van der Waals surface area contributed by atoms with Gasteiger partial charge in [0.05, 0.1) is 12.3 Å². The Morgan fingerprint density at radius 2 is 1.90 bits per heavy atom. The molecule has 2 atom stereocenters. The number of imide groups is 1. The first kappa shape index (κ1) is 20.8. The highest BCUT2D eigenvalue weighted by Crippen LogP contribution is 2.33. The van der Waals surface area contributed by atoms with E-state index < -0.39 is 23.9 Å². The molecule has 0 aromatic heterocycles. The van der Waals surface area contributed by atoms with E-state index in [1.807, 2.05) is 13.8 Å². The molecule has 1 fully saturated rings. The number of nitrogens with one attached hydrogen (secondary N) is 1. The molecule has 9 nitrogen and oxygen atoms in total. The molecule has 0 spiro atoms. The lowest BCUT2D eigenvalue weighted by molar-refractivity contribution is -0.123. The van der Waals surface area contributed by atoms with Crippen LogP contribution in [-0.2, 0) is 14.4 Å². The Hall–Kier alpha value is -3.46. The number of benzene rings is 2. The molecule has 2 aliphatic heterocycles. The van der Waals surface area contributed by atoms with Crippen LogP contribution in [0.3, 0.4) is 0 Å². The third-order valence-electron chi connectivity index (χ3n) is 5.03. The molecular formula is C21H20ClN5O4. The Morgan fingerprint density at radius 1 is 1.16 bits per heavy atom. The number of aryl methyl sites for hydroxylation is 1. The summed E-state index contributed by atoms with van der Waals surface area (Å²) in [6.07, 6.45) is 0. The SMILES string of the molecule is CCOc1ccc(NC(=O)CN2N=N[C@H]3C(=O)N(c4ccc(C)c(Cl)c4)C(=O)[C@@H]32)cc1. The van der Waals surface area contributed by atoms with Gasteiger partial charge >= 0.3 is 0 Å². The second kappa shape index (κ2) is 8.35. The number of carbonyl (C=O) groups is 3. The molecule has 0 aliphatic carbocycles. The van der Waals surface area contributed by atoms with Crippen LogP contribution in [0, 0.1) is 6.92 Å². The van der Waals surface area contributed by atoms with Gasteiger partial charge in [0, 0.05) is 10.7 Å². The van der Waals surface area contributed by atoms with Crippen LogP contribution < -0.4 is 15.0 Å². The Kier molecular flexibility index (Phi) is 5.60. The number of ether oxygens (including phenoxy) is 1. The molecule has 3 amide bonds. The fourth-order valence-electron chi connectivity index (χ4n) is 3.48. The van der Waals surface area contributed by atoms with Gasteiger partial charge in [-0.05, 0) is 55.8 Å². The molecule has 160 valence electrons. The van der Waals surface area contributed by atoms with Crippen LogP contribution in [0.4, 0.5) is 11.4 Å². The highest BCUT2D eigenvalue weighted by molar-refractivity contribution is 6.32. The van der Waals surface area contributed by atoms with Crippen LogP contribution in [0.5, 0.6) is 5.75 Å². The Morgan fingerprint density at radius 3 is 2.58 bits per heavy atom. The summed E-state index contributed by atoms with van der Waals surface area (Å²) < 4.78 is 5.37. The summed E-state index contributed by atoms with van der Waals surface area (Å²) in [5.74, 6) is -0.675. The molecule has 2 aliphatic rings. The molecule has 0 radical (unpaired) electrons. The largest absolute Gasteiger partial charge is 0.494 e. The molecule has 10 heteroatoms. The first-order valence-electron chi connectivity index (χ1n) is 9.73. The van der Waals surface area contributed by atoms with Gasteiger partial charge in [-0.15, -0.1) is 0 Å². The summed E-state index contributed by atoms with van der Waals surface area (Å²) >= 11 is 6.15. The van der Waals surface area contributed by atoms with Gasteiger partial charge in [0.15, 0.2) is 12.1 Å².